The number of carbonyl (C=O) groups excluding carboxylic acids is 2. The summed E-state index contributed by atoms with van der Waals surface area (Å²) in [5.74, 6) is 0.936. The van der Waals surface area contributed by atoms with E-state index >= 15 is 0 Å². The first-order chi connectivity index (χ1) is 12.6. The fourth-order valence-electron chi connectivity index (χ4n) is 5.23. The van der Waals surface area contributed by atoms with Crippen molar-refractivity contribution in [1.29, 1.82) is 0 Å². The minimum Gasteiger partial charge on any atom is -0.364 e. The second-order valence-electron chi connectivity index (χ2n) is 8.00. The molecule has 0 radical (unpaired) electrons. The van der Waals surface area contributed by atoms with E-state index in [1.54, 1.807) is 0 Å². The monoisotopic (exact) mass is 367 g/mol. The largest absolute Gasteiger partial charge is 0.364 e. The predicted molar refractivity (Wildman–Crippen MR) is 101 cm³/mol. The van der Waals surface area contributed by atoms with Crippen LogP contribution in [-0.4, -0.2) is 28.5 Å². The van der Waals surface area contributed by atoms with Gasteiger partial charge in [0.25, 0.3) is 11.0 Å². The molecule has 26 heavy (non-hydrogen) atoms. The molecule has 4 heteroatoms. The van der Waals surface area contributed by atoms with Crippen LogP contribution in [0.3, 0.4) is 0 Å². The summed E-state index contributed by atoms with van der Waals surface area (Å²) in [4.78, 5) is 26.8. The lowest BCUT2D eigenvalue weighted by molar-refractivity contribution is -0.130. The van der Waals surface area contributed by atoms with Gasteiger partial charge >= 0.3 is 0 Å². The van der Waals surface area contributed by atoms with Crippen molar-refractivity contribution < 1.29 is 9.59 Å². The summed E-state index contributed by atoms with van der Waals surface area (Å²) < 4.78 is 0. The Morgan fingerprint density at radius 1 is 1.23 bits per heavy atom. The second kappa shape index (κ2) is 6.09. The van der Waals surface area contributed by atoms with Gasteiger partial charge in [0, 0.05) is 18.5 Å². The average molecular weight is 368 g/mol. The maximum absolute atomic E-state index is 12.8. The predicted octanol–water partition coefficient (Wildman–Crippen LogP) is 4.08. The van der Waals surface area contributed by atoms with E-state index in [0.29, 0.717) is 17.5 Å². The van der Waals surface area contributed by atoms with E-state index in [1.807, 2.05) is 0 Å². The van der Waals surface area contributed by atoms with Gasteiger partial charge in [0.2, 0.25) is 0 Å². The molecule has 0 spiro atoms. The van der Waals surface area contributed by atoms with Crippen LogP contribution in [0.15, 0.2) is 58.9 Å². The number of halogens is 1. The Morgan fingerprint density at radius 2 is 2.12 bits per heavy atom. The molecule has 0 bridgehead atoms. The minimum atomic E-state index is -0.869. The van der Waals surface area contributed by atoms with Crippen molar-refractivity contribution >= 4 is 22.6 Å². The van der Waals surface area contributed by atoms with E-state index < -0.39 is 11.0 Å². The van der Waals surface area contributed by atoms with Gasteiger partial charge in [0.1, 0.15) is 0 Å². The van der Waals surface area contributed by atoms with Crippen LogP contribution in [0.5, 0.6) is 0 Å². The Kier molecular flexibility index (Phi) is 3.82. The number of ketones is 1. The van der Waals surface area contributed by atoms with E-state index in [1.165, 1.54) is 12.0 Å². The van der Waals surface area contributed by atoms with E-state index in [4.69, 9.17) is 11.6 Å². The molecule has 4 unspecified atom stereocenters. The SMILES string of the molecule is O=C(Cl)C(=O)C1=C(C2=CC3CC3C=C2)C(C2=CC=CCC2)C2CCCN12. The lowest BCUT2D eigenvalue weighted by Gasteiger charge is -2.28. The molecule has 2 heterocycles. The van der Waals surface area contributed by atoms with Crippen LogP contribution in [0.1, 0.15) is 32.1 Å². The molecule has 134 valence electrons. The summed E-state index contributed by atoms with van der Waals surface area (Å²) >= 11 is 5.66. The lowest BCUT2D eigenvalue weighted by Crippen LogP contribution is -2.32. The summed E-state index contributed by atoms with van der Waals surface area (Å²) in [6, 6.07) is 0.281. The maximum Gasteiger partial charge on any atom is 0.294 e. The third kappa shape index (κ3) is 2.48. The molecule has 0 aromatic heterocycles. The fraction of sp³-hybridized carbons (Fsp3) is 0.455. The summed E-state index contributed by atoms with van der Waals surface area (Å²) in [6.07, 6.45) is 18.7. The molecule has 1 saturated carbocycles. The normalized spacial score (nSPS) is 34.4. The van der Waals surface area contributed by atoms with Gasteiger partial charge in [-0.05, 0) is 66.7 Å². The highest BCUT2D eigenvalue weighted by Gasteiger charge is 2.49. The molecule has 2 aliphatic heterocycles. The van der Waals surface area contributed by atoms with Crippen LogP contribution in [0.25, 0.3) is 0 Å². The third-order valence-electron chi connectivity index (χ3n) is 6.50. The lowest BCUT2D eigenvalue weighted by atomic mass is 9.78. The summed E-state index contributed by atoms with van der Waals surface area (Å²) in [5.41, 5.74) is 4.15. The van der Waals surface area contributed by atoms with Gasteiger partial charge in [-0.25, -0.2) is 0 Å². The number of hydrogen-bond acceptors (Lipinski definition) is 3. The van der Waals surface area contributed by atoms with E-state index in [-0.39, 0.29) is 12.0 Å². The van der Waals surface area contributed by atoms with Crippen molar-refractivity contribution in [1.82, 2.24) is 4.90 Å². The maximum atomic E-state index is 12.8. The molecular formula is C22H22ClNO2. The highest BCUT2D eigenvalue weighted by atomic mass is 35.5. The van der Waals surface area contributed by atoms with Gasteiger partial charge in [-0.1, -0.05) is 42.0 Å². The molecule has 2 fully saturated rings. The van der Waals surface area contributed by atoms with Crippen LogP contribution >= 0.6 is 11.6 Å². The number of hydrogen-bond donors (Lipinski definition) is 0. The molecular weight excluding hydrogens is 346 g/mol. The Balaban J connectivity index is 1.67. The molecule has 3 aliphatic carbocycles. The highest BCUT2D eigenvalue weighted by Crippen LogP contribution is 2.52. The number of allylic oxidation sites excluding steroid dienone is 8. The molecule has 0 aromatic carbocycles. The van der Waals surface area contributed by atoms with E-state index in [9.17, 15) is 9.59 Å². The molecule has 0 amide bonds. The zero-order valence-electron chi connectivity index (χ0n) is 14.7. The Bertz CT molecular complexity index is 844. The number of nitrogens with zero attached hydrogens (tertiary/aromatic N) is 1. The van der Waals surface area contributed by atoms with Gasteiger partial charge < -0.3 is 4.90 Å². The molecule has 5 aliphatic rings. The van der Waals surface area contributed by atoms with Gasteiger partial charge in [-0.3, -0.25) is 9.59 Å². The standard InChI is InChI=1S/C22H22ClNO2/c23-22(26)21(25)20-19(15-9-8-14-11-16(14)12-15)18(13-5-2-1-3-6-13)17-7-4-10-24(17)20/h1-2,5,8-9,12,14,16-18H,3-4,6-7,10-11H2. The molecule has 3 nitrogen and oxygen atoms in total. The van der Waals surface area contributed by atoms with Crippen LogP contribution in [0.2, 0.25) is 0 Å². The minimum absolute atomic E-state index is 0.198. The topological polar surface area (TPSA) is 37.4 Å². The molecule has 0 aromatic rings. The van der Waals surface area contributed by atoms with E-state index in [2.05, 4.69) is 41.4 Å². The summed E-state index contributed by atoms with van der Waals surface area (Å²) in [5, 5.41) is -0.869. The van der Waals surface area contributed by atoms with Crippen molar-refractivity contribution in [2.75, 3.05) is 6.54 Å². The zero-order chi connectivity index (χ0) is 17.8. The van der Waals surface area contributed by atoms with Gasteiger partial charge in [-0.2, -0.15) is 0 Å². The highest BCUT2D eigenvalue weighted by molar-refractivity contribution is 6.83. The van der Waals surface area contributed by atoms with Crippen molar-refractivity contribution in [3.63, 3.8) is 0 Å². The van der Waals surface area contributed by atoms with Gasteiger partial charge in [-0.15, -0.1) is 0 Å². The Labute approximate surface area is 158 Å². The Morgan fingerprint density at radius 3 is 2.85 bits per heavy atom. The third-order valence-corrected chi connectivity index (χ3v) is 6.67. The number of rotatable bonds is 4. The second-order valence-corrected chi connectivity index (χ2v) is 8.34. The quantitative estimate of drug-likeness (QED) is 0.555. The number of Topliss-reactive ketones (excluding diaryl/α,β-unsaturated/α-hetero) is 1. The van der Waals surface area contributed by atoms with Crippen molar-refractivity contribution in [2.24, 2.45) is 17.8 Å². The smallest absolute Gasteiger partial charge is 0.294 e. The van der Waals surface area contributed by atoms with Gasteiger partial charge in [0.05, 0.1) is 5.70 Å². The summed E-state index contributed by atoms with van der Waals surface area (Å²) in [6.45, 7) is 0.835. The van der Waals surface area contributed by atoms with Gasteiger partial charge in [0.15, 0.2) is 0 Å². The van der Waals surface area contributed by atoms with Crippen LogP contribution in [0.4, 0.5) is 0 Å². The van der Waals surface area contributed by atoms with Crippen LogP contribution in [0, 0.1) is 17.8 Å². The molecule has 4 atom stereocenters. The van der Waals surface area contributed by atoms with E-state index in [0.717, 1.165) is 43.4 Å². The van der Waals surface area contributed by atoms with Crippen molar-refractivity contribution in [2.45, 2.75) is 38.1 Å². The molecule has 1 saturated heterocycles. The molecule has 0 N–H and O–H groups in total. The average Bonchev–Trinajstić information content (AvgIpc) is 3.15. The van der Waals surface area contributed by atoms with Crippen molar-refractivity contribution in [3.05, 3.63) is 58.9 Å². The Hall–Kier alpha value is -1.87. The fourth-order valence-corrected chi connectivity index (χ4v) is 5.32. The summed E-state index contributed by atoms with van der Waals surface area (Å²) in [7, 11) is 0. The zero-order valence-corrected chi connectivity index (χ0v) is 15.4. The first-order valence-corrected chi connectivity index (χ1v) is 10.0. The first kappa shape index (κ1) is 16.3. The van der Waals surface area contributed by atoms with Crippen LogP contribution < -0.4 is 0 Å². The van der Waals surface area contributed by atoms with Crippen LogP contribution in [-0.2, 0) is 9.59 Å². The molecule has 5 rings (SSSR count). The first-order valence-electron chi connectivity index (χ1n) is 9.66. The van der Waals surface area contributed by atoms with Crippen molar-refractivity contribution in [3.8, 4) is 0 Å². The number of fused-ring (bicyclic) bond motifs is 2. The number of carbonyl (C=O) groups is 2.